The van der Waals surface area contributed by atoms with E-state index in [9.17, 15) is 0 Å². The SMILES string of the molecule is CCNC(=NCc1cccc(Cl)c1)NCC1CCN(C)C1.I. The van der Waals surface area contributed by atoms with Gasteiger partial charge < -0.3 is 15.5 Å². The van der Waals surface area contributed by atoms with Crippen LogP contribution in [0.4, 0.5) is 0 Å². The molecule has 2 N–H and O–H groups in total. The van der Waals surface area contributed by atoms with Crippen molar-refractivity contribution >= 4 is 41.5 Å². The number of hydrogen-bond donors (Lipinski definition) is 2. The quantitative estimate of drug-likeness (QED) is 0.423. The van der Waals surface area contributed by atoms with E-state index >= 15 is 0 Å². The zero-order chi connectivity index (χ0) is 15.1. The third-order valence-corrected chi connectivity index (χ3v) is 3.94. The van der Waals surface area contributed by atoms with Gasteiger partial charge in [-0.1, -0.05) is 23.7 Å². The van der Waals surface area contributed by atoms with Crippen molar-refractivity contribution < 1.29 is 0 Å². The van der Waals surface area contributed by atoms with Crippen LogP contribution >= 0.6 is 35.6 Å². The predicted octanol–water partition coefficient (Wildman–Crippen LogP) is 2.96. The van der Waals surface area contributed by atoms with Crippen LogP contribution in [0.1, 0.15) is 18.9 Å². The number of likely N-dealkylation sites (tertiary alicyclic amines) is 1. The summed E-state index contributed by atoms with van der Waals surface area (Å²) in [4.78, 5) is 7.00. The average molecular weight is 437 g/mol. The van der Waals surface area contributed by atoms with E-state index in [1.165, 1.54) is 19.5 Å². The molecule has 0 bridgehead atoms. The fraction of sp³-hybridized carbons (Fsp3) is 0.562. The molecule has 0 aliphatic carbocycles. The smallest absolute Gasteiger partial charge is 0.191 e. The Morgan fingerprint density at radius 3 is 2.86 bits per heavy atom. The molecule has 0 amide bonds. The molecular weight excluding hydrogens is 411 g/mol. The summed E-state index contributed by atoms with van der Waals surface area (Å²) in [5, 5.41) is 7.50. The molecular formula is C16H26ClIN4. The second kappa shape index (κ2) is 10.3. The van der Waals surface area contributed by atoms with Crippen LogP contribution in [0.3, 0.4) is 0 Å². The van der Waals surface area contributed by atoms with E-state index in [0.717, 1.165) is 29.6 Å². The highest BCUT2D eigenvalue weighted by atomic mass is 127. The van der Waals surface area contributed by atoms with E-state index in [4.69, 9.17) is 11.6 Å². The van der Waals surface area contributed by atoms with Crippen molar-refractivity contribution in [2.45, 2.75) is 19.9 Å². The topological polar surface area (TPSA) is 39.7 Å². The van der Waals surface area contributed by atoms with Crippen molar-refractivity contribution in [1.29, 1.82) is 0 Å². The summed E-state index contributed by atoms with van der Waals surface area (Å²) in [6, 6.07) is 7.85. The van der Waals surface area contributed by atoms with Crippen LogP contribution in [0.5, 0.6) is 0 Å². The number of hydrogen-bond acceptors (Lipinski definition) is 2. The summed E-state index contributed by atoms with van der Waals surface area (Å²) in [6.07, 6.45) is 1.26. The molecule has 1 aliphatic heterocycles. The Morgan fingerprint density at radius 2 is 2.23 bits per heavy atom. The standard InChI is InChI=1S/C16H25ClN4.HI/c1-3-18-16(20-11-14-7-8-21(2)12-14)19-10-13-5-4-6-15(17)9-13;/h4-6,9,14H,3,7-8,10-12H2,1-2H3,(H2,18,19,20);1H. The largest absolute Gasteiger partial charge is 0.357 e. The molecule has 4 nitrogen and oxygen atoms in total. The number of nitrogens with zero attached hydrogens (tertiary/aromatic N) is 2. The summed E-state index contributed by atoms with van der Waals surface area (Å²) < 4.78 is 0. The van der Waals surface area contributed by atoms with Gasteiger partial charge in [-0.3, -0.25) is 0 Å². The highest BCUT2D eigenvalue weighted by Crippen LogP contribution is 2.13. The lowest BCUT2D eigenvalue weighted by atomic mass is 10.1. The molecule has 0 spiro atoms. The van der Waals surface area contributed by atoms with E-state index in [1.807, 2.05) is 24.3 Å². The first kappa shape index (κ1) is 19.5. The molecule has 1 aliphatic rings. The molecule has 1 saturated heterocycles. The van der Waals surface area contributed by atoms with Crippen LogP contribution in [0, 0.1) is 5.92 Å². The van der Waals surface area contributed by atoms with Gasteiger partial charge in [0.15, 0.2) is 5.96 Å². The Labute approximate surface area is 155 Å². The highest BCUT2D eigenvalue weighted by molar-refractivity contribution is 14.0. The van der Waals surface area contributed by atoms with Crippen molar-refractivity contribution in [2.24, 2.45) is 10.9 Å². The Morgan fingerprint density at radius 1 is 1.41 bits per heavy atom. The first-order valence-electron chi connectivity index (χ1n) is 7.62. The van der Waals surface area contributed by atoms with Gasteiger partial charge in [0, 0.05) is 24.7 Å². The van der Waals surface area contributed by atoms with Gasteiger partial charge in [-0.15, -0.1) is 24.0 Å². The minimum absolute atomic E-state index is 0. The predicted molar refractivity (Wildman–Crippen MR) is 105 cm³/mol. The van der Waals surface area contributed by atoms with Gasteiger partial charge in [0.05, 0.1) is 6.54 Å². The number of aliphatic imine (C=N–C) groups is 1. The van der Waals surface area contributed by atoms with Crippen LogP contribution in [0.2, 0.25) is 5.02 Å². The zero-order valence-electron chi connectivity index (χ0n) is 13.3. The number of benzene rings is 1. The molecule has 124 valence electrons. The Bertz CT molecular complexity index is 481. The van der Waals surface area contributed by atoms with E-state index in [1.54, 1.807) is 0 Å². The highest BCUT2D eigenvalue weighted by Gasteiger charge is 2.19. The monoisotopic (exact) mass is 436 g/mol. The lowest BCUT2D eigenvalue weighted by molar-refractivity contribution is 0.394. The molecule has 1 aromatic rings. The van der Waals surface area contributed by atoms with Gasteiger partial charge in [0.25, 0.3) is 0 Å². The maximum Gasteiger partial charge on any atom is 0.191 e. The van der Waals surface area contributed by atoms with E-state index in [0.29, 0.717) is 12.5 Å². The summed E-state index contributed by atoms with van der Waals surface area (Å²) in [7, 11) is 2.18. The van der Waals surface area contributed by atoms with Gasteiger partial charge >= 0.3 is 0 Å². The molecule has 6 heteroatoms. The Balaban J connectivity index is 0.00000242. The number of halogens is 2. The second-order valence-electron chi connectivity index (χ2n) is 5.62. The molecule has 0 radical (unpaired) electrons. The van der Waals surface area contributed by atoms with Gasteiger partial charge in [-0.2, -0.15) is 0 Å². The van der Waals surface area contributed by atoms with Gasteiger partial charge in [-0.05, 0) is 50.6 Å². The maximum atomic E-state index is 6.00. The van der Waals surface area contributed by atoms with Crippen LogP contribution in [0.15, 0.2) is 29.3 Å². The van der Waals surface area contributed by atoms with Crippen molar-refractivity contribution in [2.75, 3.05) is 33.2 Å². The molecule has 1 aromatic carbocycles. The van der Waals surface area contributed by atoms with Gasteiger partial charge in [-0.25, -0.2) is 4.99 Å². The average Bonchev–Trinajstić information content (AvgIpc) is 2.88. The fourth-order valence-electron chi connectivity index (χ4n) is 2.58. The molecule has 0 saturated carbocycles. The summed E-state index contributed by atoms with van der Waals surface area (Å²) in [5.74, 6) is 1.59. The van der Waals surface area contributed by atoms with Crippen LogP contribution in [-0.2, 0) is 6.54 Å². The van der Waals surface area contributed by atoms with E-state index in [-0.39, 0.29) is 24.0 Å². The van der Waals surface area contributed by atoms with E-state index in [2.05, 4.69) is 34.5 Å². The van der Waals surface area contributed by atoms with Crippen molar-refractivity contribution in [3.63, 3.8) is 0 Å². The lowest BCUT2D eigenvalue weighted by Crippen LogP contribution is -2.40. The zero-order valence-corrected chi connectivity index (χ0v) is 16.4. The van der Waals surface area contributed by atoms with E-state index < -0.39 is 0 Å². The maximum absolute atomic E-state index is 6.00. The van der Waals surface area contributed by atoms with Gasteiger partial charge in [0.2, 0.25) is 0 Å². The van der Waals surface area contributed by atoms with Gasteiger partial charge in [0.1, 0.15) is 0 Å². The molecule has 1 heterocycles. The summed E-state index contributed by atoms with van der Waals surface area (Å²) >= 11 is 6.00. The fourth-order valence-corrected chi connectivity index (χ4v) is 2.79. The second-order valence-corrected chi connectivity index (χ2v) is 6.06. The molecule has 1 unspecified atom stereocenters. The molecule has 1 atom stereocenters. The Kier molecular flexibility index (Phi) is 9.12. The van der Waals surface area contributed by atoms with Crippen molar-refractivity contribution in [1.82, 2.24) is 15.5 Å². The van der Waals surface area contributed by atoms with Crippen molar-refractivity contribution in [3.05, 3.63) is 34.9 Å². The van der Waals surface area contributed by atoms with Crippen LogP contribution in [-0.4, -0.2) is 44.1 Å². The Hall–Kier alpha value is -0.530. The molecule has 0 aromatic heterocycles. The minimum Gasteiger partial charge on any atom is -0.357 e. The number of rotatable bonds is 5. The molecule has 2 rings (SSSR count). The lowest BCUT2D eigenvalue weighted by Gasteiger charge is -2.15. The van der Waals surface area contributed by atoms with Crippen LogP contribution in [0.25, 0.3) is 0 Å². The summed E-state index contributed by atoms with van der Waals surface area (Å²) in [6.45, 7) is 6.93. The number of nitrogens with one attached hydrogen (secondary N) is 2. The first-order valence-corrected chi connectivity index (χ1v) is 8.00. The van der Waals surface area contributed by atoms with Crippen LogP contribution < -0.4 is 10.6 Å². The first-order chi connectivity index (χ1) is 10.2. The van der Waals surface area contributed by atoms with Crippen molar-refractivity contribution in [3.8, 4) is 0 Å². The third kappa shape index (κ3) is 6.71. The molecule has 22 heavy (non-hydrogen) atoms. The minimum atomic E-state index is 0. The number of guanidine groups is 1. The third-order valence-electron chi connectivity index (χ3n) is 3.70. The summed E-state index contributed by atoms with van der Waals surface area (Å²) in [5.41, 5.74) is 1.13. The normalized spacial score (nSPS) is 18.9. The molecule has 1 fully saturated rings.